The van der Waals surface area contributed by atoms with Gasteiger partial charge < -0.3 is 16.2 Å². The van der Waals surface area contributed by atoms with Crippen LogP contribution in [0.4, 0.5) is 30.7 Å². The normalized spacial score (nSPS) is 18.3. The van der Waals surface area contributed by atoms with Crippen LogP contribution in [0.5, 0.6) is 0 Å². The summed E-state index contributed by atoms with van der Waals surface area (Å²) in [6.45, 7) is 2.56. The van der Waals surface area contributed by atoms with Crippen LogP contribution in [-0.2, 0) is 13.0 Å². The van der Waals surface area contributed by atoms with Crippen molar-refractivity contribution in [2.45, 2.75) is 63.4 Å². The van der Waals surface area contributed by atoms with Crippen molar-refractivity contribution in [1.29, 1.82) is 0 Å². The van der Waals surface area contributed by atoms with Crippen molar-refractivity contribution in [3.8, 4) is 23.0 Å². The van der Waals surface area contributed by atoms with Gasteiger partial charge in [-0.25, -0.2) is 13.8 Å². The van der Waals surface area contributed by atoms with Gasteiger partial charge in [-0.05, 0) is 73.2 Å². The maximum absolute atomic E-state index is 14.6. The van der Waals surface area contributed by atoms with Gasteiger partial charge in [0.05, 0.1) is 18.3 Å². The number of benzene rings is 2. The minimum Gasteiger partial charge on any atom is -0.394 e. The lowest BCUT2D eigenvalue weighted by Crippen LogP contribution is -2.28. The molecule has 49 heavy (non-hydrogen) atoms. The lowest BCUT2D eigenvalue weighted by atomic mass is 9.91. The van der Waals surface area contributed by atoms with Crippen LogP contribution in [0.25, 0.3) is 11.1 Å². The van der Waals surface area contributed by atoms with Crippen LogP contribution in [0.1, 0.15) is 65.6 Å². The number of alkyl halides is 5. The van der Waals surface area contributed by atoms with Gasteiger partial charge in [0.1, 0.15) is 34.3 Å². The summed E-state index contributed by atoms with van der Waals surface area (Å²) in [5.41, 5.74) is 2.99. The number of hydrogen-bond acceptors (Lipinski definition) is 6. The number of halogens is 7. The molecule has 1 saturated carbocycles. The summed E-state index contributed by atoms with van der Waals surface area (Å²) in [5, 5.41) is 12.9. The fourth-order valence-electron chi connectivity index (χ4n) is 5.61. The second kappa shape index (κ2) is 13.5. The molecule has 1 unspecified atom stereocenters. The molecule has 5 rings (SSSR count). The molecule has 4 N–H and O–H groups in total. The maximum atomic E-state index is 14.6. The van der Waals surface area contributed by atoms with Crippen LogP contribution in [0.3, 0.4) is 0 Å². The first-order valence-electron chi connectivity index (χ1n) is 15.1. The lowest BCUT2D eigenvalue weighted by molar-refractivity contribution is -0.0932. The molecule has 14 heteroatoms. The molecular formula is C35H30F7N5O2. The molecule has 0 bridgehead atoms. The molecule has 3 aromatic rings. The van der Waals surface area contributed by atoms with E-state index in [1.165, 1.54) is 13.8 Å². The first-order chi connectivity index (χ1) is 22.9. The average molecular weight is 686 g/mol. The van der Waals surface area contributed by atoms with Crippen molar-refractivity contribution in [3.63, 3.8) is 0 Å². The van der Waals surface area contributed by atoms with Crippen molar-refractivity contribution in [2.75, 3.05) is 6.54 Å². The number of nitrogens with two attached hydrogens (primary N) is 1. The van der Waals surface area contributed by atoms with Gasteiger partial charge >= 0.3 is 6.18 Å². The number of fused-ring (bicyclic) bond motifs is 1. The van der Waals surface area contributed by atoms with E-state index in [-0.39, 0.29) is 35.8 Å². The zero-order valence-electron chi connectivity index (χ0n) is 26.2. The zero-order chi connectivity index (χ0) is 35.7. The Morgan fingerprint density at radius 2 is 1.80 bits per heavy atom. The van der Waals surface area contributed by atoms with Gasteiger partial charge in [0.2, 0.25) is 0 Å². The van der Waals surface area contributed by atoms with Crippen LogP contribution in [0, 0.1) is 23.5 Å². The van der Waals surface area contributed by atoms with E-state index in [1.54, 1.807) is 30.3 Å². The van der Waals surface area contributed by atoms with E-state index in [2.05, 4.69) is 32.1 Å². The molecule has 256 valence electrons. The van der Waals surface area contributed by atoms with Crippen molar-refractivity contribution >= 4 is 17.8 Å². The molecule has 2 heterocycles. The number of carbonyl (C=O) groups excluding carboxylic acids is 1. The molecule has 1 aliphatic heterocycles. The molecule has 0 radical (unpaired) electrons. The van der Waals surface area contributed by atoms with Gasteiger partial charge in [-0.15, -0.1) is 0 Å². The summed E-state index contributed by atoms with van der Waals surface area (Å²) in [5.74, 6) is -0.231. The zero-order valence-corrected chi connectivity index (χ0v) is 26.2. The van der Waals surface area contributed by atoms with Gasteiger partial charge in [0.25, 0.3) is 11.8 Å². The molecule has 7 nitrogen and oxygen atoms in total. The van der Waals surface area contributed by atoms with E-state index in [4.69, 9.17) is 5.73 Å². The predicted molar refractivity (Wildman–Crippen MR) is 169 cm³/mol. The van der Waals surface area contributed by atoms with Crippen molar-refractivity contribution in [1.82, 2.24) is 10.3 Å². The van der Waals surface area contributed by atoms with Gasteiger partial charge in [-0.3, -0.25) is 14.8 Å². The molecule has 2 aromatic carbocycles. The fourth-order valence-corrected chi connectivity index (χ4v) is 5.61. The number of aromatic nitrogens is 1. The number of hydrogen-bond donors (Lipinski definition) is 3. The monoisotopic (exact) mass is 685 g/mol. The Labute approximate surface area is 276 Å². The van der Waals surface area contributed by atoms with Crippen LogP contribution in [0.2, 0.25) is 0 Å². The summed E-state index contributed by atoms with van der Waals surface area (Å²) in [7, 11) is 0. The third kappa shape index (κ3) is 8.17. The fraction of sp³-hybridized carbons (Fsp3) is 0.314. The molecule has 0 spiro atoms. The van der Waals surface area contributed by atoms with Crippen molar-refractivity contribution in [3.05, 3.63) is 99.5 Å². The topological polar surface area (TPSA) is 113 Å². The van der Waals surface area contributed by atoms with Gasteiger partial charge in [0.15, 0.2) is 0 Å². The Balaban J connectivity index is 1.64. The Bertz CT molecular complexity index is 1930. The first kappa shape index (κ1) is 35.3. The molecule has 1 atom stereocenters. The number of aliphatic imine (C=N–C) groups is 2. The summed E-state index contributed by atoms with van der Waals surface area (Å²) in [6.07, 6.45) is -5.61. The number of aliphatic hydroxyl groups is 1. The second-order valence-electron chi connectivity index (χ2n) is 12.1. The average Bonchev–Trinajstić information content (AvgIpc) is 3.53. The Kier molecular flexibility index (Phi) is 9.70. The van der Waals surface area contributed by atoms with Gasteiger partial charge in [-0.1, -0.05) is 18.1 Å². The Hall–Kier alpha value is -5.03. The SMILES string of the molecule is CC(C)(O)C#Cc1ccc(-c2cccc3c2CNC3=O)c(C(Cc2cc(F)cc(F)c2)N=CCN=C2C(=C(N)C(F)(F)F)CCC2(F)F)n1. The van der Waals surface area contributed by atoms with Crippen molar-refractivity contribution < 1.29 is 40.6 Å². The smallest absolute Gasteiger partial charge is 0.394 e. The number of allylic oxidation sites excluding steroid dienone is 2. The van der Waals surface area contributed by atoms with E-state index >= 15 is 0 Å². The molecule has 1 aliphatic carbocycles. The minimum absolute atomic E-state index is 0.160. The lowest BCUT2D eigenvalue weighted by Gasteiger charge is -2.19. The third-order valence-electron chi connectivity index (χ3n) is 7.79. The molecular weight excluding hydrogens is 655 g/mol. The maximum Gasteiger partial charge on any atom is 0.431 e. The highest BCUT2D eigenvalue weighted by Crippen LogP contribution is 2.40. The third-order valence-corrected chi connectivity index (χ3v) is 7.79. The van der Waals surface area contributed by atoms with E-state index in [0.717, 1.165) is 18.3 Å². The highest BCUT2D eigenvalue weighted by atomic mass is 19.4. The Morgan fingerprint density at radius 1 is 1.10 bits per heavy atom. The van der Waals surface area contributed by atoms with E-state index < -0.39 is 71.7 Å². The molecule has 1 amide bonds. The molecule has 1 aromatic heterocycles. The van der Waals surface area contributed by atoms with Crippen LogP contribution < -0.4 is 11.1 Å². The summed E-state index contributed by atoms with van der Waals surface area (Å²) in [4.78, 5) is 25.4. The molecule has 0 saturated heterocycles. The van der Waals surface area contributed by atoms with Gasteiger partial charge in [0, 0.05) is 48.4 Å². The number of carbonyl (C=O) groups is 1. The van der Waals surface area contributed by atoms with E-state index in [1.807, 2.05) is 0 Å². The summed E-state index contributed by atoms with van der Waals surface area (Å²) < 4.78 is 97.7. The van der Waals surface area contributed by atoms with Crippen molar-refractivity contribution in [2.24, 2.45) is 15.7 Å². The second-order valence-corrected chi connectivity index (χ2v) is 12.1. The number of pyridine rings is 1. The minimum atomic E-state index is -5.03. The van der Waals surface area contributed by atoms with Crippen LogP contribution in [0.15, 0.2) is 69.8 Å². The van der Waals surface area contributed by atoms with E-state index in [9.17, 15) is 40.6 Å². The highest BCUT2D eigenvalue weighted by Gasteiger charge is 2.48. The summed E-state index contributed by atoms with van der Waals surface area (Å²) >= 11 is 0. The van der Waals surface area contributed by atoms with Gasteiger partial charge in [-0.2, -0.15) is 22.0 Å². The largest absolute Gasteiger partial charge is 0.431 e. The summed E-state index contributed by atoms with van der Waals surface area (Å²) in [6, 6.07) is 10.1. The quantitative estimate of drug-likeness (QED) is 0.152. The van der Waals surface area contributed by atoms with Crippen LogP contribution in [-0.4, -0.2) is 52.2 Å². The standard InChI is InChI=1S/C35H30F7N5O2/c1-33(2,49)10-8-22-6-7-24(23-4-3-5-25-27(23)18-46-32(25)48)29(47-22)28(16-19-14-20(36)17-21(37)15-19)44-12-13-45-31-26(9-11-34(31,38)39)30(43)35(40,41)42/h3-7,12,14-15,17,28,49H,9,11,13,16,18,43H2,1-2H3,(H,46,48). The first-order valence-corrected chi connectivity index (χ1v) is 15.1. The number of nitrogens with zero attached hydrogens (tertiary/aromatic N) is 3. The number of nitrogens with one attached hydrogen (secondary N) is 1. The molecule has 1 fully saturated rings. The highest BCUT2D eigenvalue weighted by molar-refractivity contribution is 6.08. The predicted octanol–water partition coefficient (Wildman–Crippen LogP) is 6.39. The van der Waals surface area contributed by atoms with Crippen LogP contribution >= 0.6 is 0 Å². The number of amides is 1. The molecule has 2 aliphatic rings. The number of rotatable bonds is 7. The van der Waals surface area contributed by atoms with E-state index in [0.29, 0.717) is 28.3 Å². The Morgan fingerprint density at radius 3 is 2.47 bits per heavy atom.